The fourth-order valence-corrected chi connectivity index (χ4v) is 3.28. The van der Waals surface area contributed by atoms with Crippen LogP contribution in [0.2, 0.25) is 5.02 Å². The van der Waals surface area contributed by atoms with Crippen molar-refractivity contribution in [1.29, 1.82) is 0 Å². The van der Waals surface area contributed by atoms with E-state index in [9.17, 15) is 9.59 Å². The van der Waals surface area contributed by atoms with Gasteiger partial charge in [-0.15, -0.1) is 0 Å². The van der Waals surface area contributed by atoms with Gasteiger partial charge in [0.1, 0.15) is 5.75 Å². The zero-order chi connectivity index (χ0) is 19.9. The Balaban J connectivity index is 1.70. The van der Waals surface area contributed by atoms with Crippen molar-refractivity contribution in [3.63, 3.8) is 0 Å². The van der Waals surface area contributed by atoms with Gasteiger partial charge in [0.15, 0.2) is 0 Å². The number of nitrogens with one attached hydrogen (secondary N) is 1. The molecular weight excluding hydrogens is 380 g/mol. The molecule has 0 radical (unpaired) electrons. The zero-order valence-corrected chi connectivity index (χ0v) is 16.7. The van der Waals surface area contributed by atoms with Crippen LogP contribution in [0, 0.1) is 0 Å². The maximum Gasteiger partial charge on any atom is 0.257 e. The SMILES string of the molecule is CCn1cc(C(=O)N2CCCCNC(=O)c3cc(Cl)ccc3OCCC2)cn1. The first-order valence-electron chi connectivity index (χ1n) is 9.60. The summed E-state index contributed by atoms with van der Waals surface area (Å²) in [6.45, 7) is 4.85. The number of halogens is 1. The van der Waals surface area contributed by atoms with Crippen LogP contribution in [0.4, 0.5) is 0 Å². The molecule has 1 N–H and O–H groups in total. The van der Waals surface area contributed by atoms with Crippen molar-refractivity contribution in [2.75, 3.05) is 26.2 Å². The summed E-state index contributed by atoms with van der Waals surface area (Å²) < 4.78 is 7.55. The van der Waals surface area contributed by atoms with Crippen molar-refractivity contribution < 1.29 is 14.3 Å². The van der Waals surface area contributed by atoms with E-state index in [-0.39, 0.29) is 11.8 Å². The van der Waals surface area contributed by atoms with Gasteiger partial charge in [-0.1, -0.05) is 11.6 Å². The Morgan fingerprint density at radius 2 is 2.11 bits per heavy atom. The van der Waals surface area contributed by atoms with E-state index < -0.39 is 0 Å². The second-order valence-corrected chi connectivity index (χ2v) is 7.12. The van der Waals surface area contributed by atoms with Crippen LogP contribution in [0.25, 0.3) is 0 Å². The molecule has 1 aromatic heterocycles. The summed E-state index contributed by atoms with van der Waals surface area (Å²) in [6, 6.07) is 5.03. The molecule has 0 saturated heterocycles. The van der Waals surface area contributed by atoms with Crippen LogP contribution in [-0.2, 0) is 6.54 Å². The highest BCUT2D eigenvalue weighted by Crippen LogP contribution is 2.23. The largest absolute Gasteiger partial charge is 0.493 e. The number of carbonyl (C=O) groups excluding carboxylic acids is 2. The molecule has 0 bridgehead atoms. The third-order valence-electron chi connectivity index (χ3n) is 4.65. The van der Waals surface area contributed by atoms with Crippen molar-refractivity contribution in [2.24, 2.45) is 0 Å². The summed E-state index contributed by atoms with van der Waals surface area (Å²) in [5, 5.41) is 7.58. The zero-order valence-electron chi connectivity index (χ0n) is 16.0. The van der Waals surface area contributed by atoms with Gasteiger partial charge in [0.2, 0.25) is 0 Å². The Labute approximate surface area is 169 Å². The lowest BCUT2D eigenvalue weighted by Crippen LogP contribution is -2.34. The molecule has 7 nitrogen and oxygen atoms in total. The van der Waals surface area contributed by atoms with Gasteiger partial charge < -0.3 is 15.0 Å². The lowest BCUT2D eigenvalue weighted by Gasteiger charge is -2.22. The highest BCUT2D eigenvalue weighted by atomic mass is 35.5. The van der Waals surface area contributed by atoms with Gasteiger partial charge in [0.25, 0.3) is 11.8 Å². The number of amides is 2. The van der Waals surface area contributed by atoms with E-state index in [0.717, 1.165) is 19.4 Å². The highest BCUT2D eigenvalue weighted by Gasteiger charge is 2.18. The van der Waals surface area contributed by atoms with E-state index in [1.54, 1.807) is 35.3 Å². The van der Waals surface area contributed by atoms with Crippen molar-refractivity contribution in [3.05, 3.63) is 46.7 Å². The molecule has 0 fully saturated rings. The molecule has 0 atom stereocenters. The molecule has 3 rings (SSSR count). The maximum absolute atomic E-state index is 12.8. The third kappa shape index (κ3) is 5.04. The standard InChI is InChI=1S/C20H25ClN4O3/c1-2-25-14-15(13-23-25)20(27)24-9-4-3-8-22-19(26)17-12-16(21)6-7-18(17)28-11-5-10-24/h6-7,12-14H,2-5,8-11H2,1H3,(H,22,26). The summed E-state index contributed by atoms with van der Waals surface area (Å²) in [7, 11) is 0. The van der Waals surface area contributed by atoms with Crippen molar-refractivity contribution in [2.45, 2.75) is 32.7 Å². The molecule has 1 aromatic carbocycles. The van der Waals surface area contributed by atoms with Crippen LogP contribution in [0.1, 0.15) is 46.9 Å². The predicted octanol–water partition coefficient (Wildman–Crippen LogP) is 2.99. The normalized spacial score (nSPS) is 16.1. The second kappa shape index (κ2) is 9.59. The van der Waals surface area contributed by atoms with Crippen molar-refractivity contribution in [3.8, 4) is 5.75 Å². The minimum absolute atomic E-state index is 0.0224. The van der Waals surface area contributed by atoms with Gasteiger partial charge in [0.05, 0.1) is 23.9 Å². The Morgan fingerprint density at radius 3 is 2.89 bits per heavy atom. The topological polar surface area (TPSA) is 76.5 Å². The molecule has 150 valence electrons. The minimum atomic E-state index is -0.198. The molecule has 8 heteroatoms. The fourth-order valence-electron chi connectivity index (χ4n) is 3.11. The van der Waals surface area contributed by atoms with E-state index >= 15 is 0 Å². The Morgan fingerprint density at radius 1 is 1.29 bits per heavy atom. The summed E-state index contributed by atoms with van der Waals surface area (Å²) in [4.78, 5) is 27.1. The predicted molar refractivity (Wildman–Crippen MR) is 107 cm³/mol. The van der Waals surface area contributed by atoms with Crippen LogP contribution in [0.3, 0.4) is 0 Å². The number of hydrogen-bond donors (Lipinski definition) is 1. The number of benzene rings is 1. The summed E-state index contributed by atoms with van der Waals surface area (Å²) in [6.07, 6.45) is 5.64. The van der Waals surface area contributed by atoms with Crippen LogP contribution < -0.4 is 10.1 Å². The van der Waals surface area contributed by atoms with Crippen LogP contribution in [0.15, 0.2) is 30.6 Å². The van der Waals surface area contributed by atoms with Crippen LogP contribution >= 0.6 is 11.6 Å². The lowest BCUT2D eigenvalue weighted by molar-refractivity contribution is 0.0743. The molecule has 0 unspecified atom stereocenters. The molecule has 2 heterocycles. The first-order valence-corrected chi connectivity index (χ1v) is 9.98. The number of rotatable bonds is 2. The molecule has 2 amide bonds. The van der Waals surface area contributed by atoms with Gasteiger partial charge in [-0.3, -0.25) is 14.3 Å². The average molecular weight is 405 g/mol. The molecule has 28 heavy (non-hydrogen) atoms. The van der Waals surface area contributed by atoms with Crippen molar-refractivity contribution >= 4 is 23.4 Å². The number of aryl methyl sites for hydroxylation is 1. The summed E-state index contributed by atoms with van der Waals surface area (Å²) in [5.41, 5.74) is 1.03. The monoisotopic (exact) mass is 404 g/mol. The third-order valence-corrected chi connectivity index (χ3v) is 4.88. The number of nitrogens with zero attached hydrogens (tertiary/aromatic N) is 3. The van der Waals surface area contributed by atoms with Gasteiger partial charge in [-0.25, -0.2) is 0 Å². The number of carbonyl (C=O) groups is 2. The van der Waals surface area contributed by atoms with Crippen LogP contribution in [0.5, 0.6) is 5.75 Å². The van der Waals surface area contributed by atoms with Gasteiger partial charge in [0, 0.05) is 37.4 Å². The second-order valence-electron chi connectivity index (χ2n) is 6.68. The number of ether oxygens (including phenoxy) is 1. The Bertz CT molecular complexity index is 837. The van der Waals surface area contributed by atoms with E-state index in [1.807, 2.05) is 11.8 Å². The molecule has 0 spiro atoms. The number of aromatic nitrogens is 2. The highest BCUT2D eigenvalue weighted by molar-refractivity contribution is 6.31. The Hall–Kier alpha value is -2.54. The molecule has 0 saturated carbocycles. The first-order chi connectivity index (χ1) is 13.6. The molecule has 2 aromatic rings. The van der Waals surface area contributed by atoms with Crippen LogP contribution in [-0.4, -0.2) is 52.7 Å². The van der Waals surface area contributed by atoms with Gasteiger partial charge in [-0.2, -0.15) is 5.10 Å². The quantitative estimate of drug-likeness (QED) is 0.834. The Kier molecular flexibility index (Phi) is 6.92. The van der Waals surface area contributed by atoms with E-state index in [1.165, 1.54) is 0 Å². The maximum atomic E-state index is 12.8. The lowest BCUT2D eigenvalue weighted by atomic mass is 10.2. The smallest absolute Gasteiger partial charge is 0.257 e. The minimum Gasteiger partial charge on any atom is -0.493 e. The van der Waals surface area contributed by atoms with Crippen molar-refractivity contribution in [1.82, 2.24) is 20.0 Å². The van der Waals surface area contributed by atoms with E-state index in [2.05, 4.69) is 10.4 Å². The fraction of sp³-hybridized carbons (Fsp3) is 0.450. The molecular formula is C20H25ClN4O3. The summed E-state index contributed by atoms with van der Waals surface area (Å²) in [5.74, 6) is 0.283. The first kappa shape index (κ1) is 20.2. The summed E-state index contributed by atoms with van der Waals surface area (Å²) >= 11 is 6.03. The van der Waals surface area contributed by atoms with Gasteiger partial charge in [-0.05, 0) is 44.4 Å². The van der Waals surface area contributed by atoms with E-state index in [4.69, 9.17) is 16.3 Å². The van der Waals surface area contributed by atoms with E-state index in [0.29, 0.717) is 54.6 Å². The molecule has 1 aliphatic heterocycles. The molecule has 0 aliphatic carbocycles. The number of fused-ring (bicyclic) bond motifs is 1. The average Bonchev–Trinajstić information content (AvgIpc) is 3.18. The molecule has 1 aliphatic rings. The number of hydrogen-bond acceptors (Lipinski definition) is 4. The van der Waals surface area contributed by atoms with Gasteiger partial charge >= 0.3 is 0 Å².